The summed E-state index contributed by atoms with van der Waals surface area (Å²) >= 11 is 0. The molecule has 0 spiro atoms. The van der Waals surface area contributed by atoms with Gasteiger partial charge in [0, 0.05) is 29.2 Å². The van der Waals surface area contributed by atoms with Crippen molar-refractivity contribution in [3.05, 3.63) is 52.9 Å². The topological polar surface area (TPSA) is 80.9 Å². The summed E-state index contributed by atoms with van der Waals surface area (Å²) < 4.78 is 13.9. The number of halogens is 1. The summed E-state index contributed by atoms with van der Waals surface area (Å²) in [6.07, 6.45) is 3.22. The number of aromatic nitrogens is 2. The fourth-order valence-electron chi connectivity index (χ4n) is 2.12. The summed E-state index contributed by atoms with van der Waals surface area (Å²) in [5.74, 6) is -1.14. The highest BCUT2D eigenvalue weighted by Crippen LogP contribution is 2.25. The van der Waals surface area contributed by atoms with Gasteiger partial charge in [-0.1, -0.05) is 0 Å². The first-order valence-electron chi connectivity index (χ1n) is 6.54. The molecular formula is C15H17FN4O. The van der Waals surface area contributed by atoms with Gasteiger partial charge in [0.1, 0.15) is 5.82 Å². The van der Waals surface area contributed by atoms with Crippen molar-refractivity contribution in [1.82, 2.24) is 9.97 Å². The molecule has 1 unspecified atom stereocenters. The van der Waals surface area contributed by atoms with Crippen molar-refractivity contribution in [3.8, 4) is 0 Å². The van der Waals surface area contributed by atoms with Crippen LogP contribution in [0.25, 0.3) is 0 Å². The Kier molecular flexibility index (Phi) is 4.16. The number of nitrogens with two attached hydrogens (primary N) is 1. The van der Waals surface area contributed by atoms with Gasteiger partial charge in [0.2, 0.25) is 5.91 Å². The number of anilines is 1. The Morgan fingerprint density at radius 2 is 1.95 bits per heavy atom. The number of carbonyl (C=O) groups excluding carboxylic acids is 1. The van der Waals surface area contributed by atoms with Crippen LogP contribution in [0.5, 0.6) is 0 Å². The molecule has 21 heavy (non-hydrogen) atoms. The molecule has 0 aliphatic rings. The summed E-state index contributed by atoms with van der Waals surface area (Å²) in [6.45, 7) is 5.39. The first-order chi connectivity index (χ1) is 9.90. The van der Waals surface area contributed by atoms with Gasteiger partial charge in [0.25, 0.3) is 0 Å². The van der Waals surface area contributed by atoms with E-state index in [-0.39, 0.29) is 11.6 Å². The first-order valence-corrected chi connectivity index (χ1v) is 6.54. The maximum atomic E-state index is 13.9. The smallest absolute Gasteiger partial charge is 0.248 e. The van der Waals surface area contributed by atoms with Crippen molar-refractivity contribution in [2.45, 2.75) is 26.8 Å². The van der Waals surface area contributed by atoms with Crippen LogP contribution >= 0.6 is 0 Å². The van der Waals surface area contributed by atoms with Gasteiger partial charge in [0.05, 0.1) is 17.4 Å². The standard InChI is InChI=1S/C15H17FN4O/c1-8-12(16)6-11(15(17)21)7-13(8)20-10(3)14-9(2)18-4-5-19-14/h4-7,10,20H,1-3H3,(H2,17,21). The van der Waals surface area contributed by atoms with E-state index in [0.717, 1.165) is 17.5 Å². The predicted octanol–water partition coefficient (Wildman–Crippen LogP) is 2.50. The second kappa shape index (κ2) is 5.87. The number of nitrogens with zero attached hydrogens (tertiary/aromatic N) is 2. The Balaban J connectivity index is 2.35. The number of carbonyl (C=O) groups is 1. The number of aryl methyl sites for hydroxylation is 1. The van der Waals surface area contributed by atoms with E-state index < -0.39 is 11.7 Å². The highest BCUT2D eigenvalue weighted by atomic mass is 19.1. The largest absolute Gasteiger partial charge is 0.377 e. The summed E-state index contributed by atoms with van der Waals surface area (Å²) in [6, 6.07) is 2.50. The zero-order valence-electron chi connectivity index (χ0n) is 12.1. The highest BCUT2D eigenvalue weighted by molar-refractivity contribution is 5.94. The molecule has 1 aromatic heterocycles. The second-order valence-corrected chi connectivity index (χ2v) is 4.89. The molecule has 2 aromatic rings. The van der Waals surface area contributed by atoms with E-state index in [1.807, 2.05) is 13.8 Å². The van der Waals surface area contributed by atoms with Crippen LogP contribution in [0.4, 0.5) is 10.1 Å². The number of hydrogen-bond acceptors (Lipinski definition) is 4. The lowest BCUT2D eigenvalue weighted by molar-refractivity contribution is 0.1000. The Morgan fingerprint density at radius 3 is 2.57 bits per heavy atom. The van der Waals surface area contributed by atoms with Crippen molar-refractivity contribution in [3.63, 3.8) is 0 Å². The molecule has 0 aliphatic heterocycles. The monoisotopic (exact) mass is 288 g/mol. The average molecular weight is 288 g/mol. The van der Waals surface area contributed by atoms with E-state index in [1.54, 1.807) is 25.4 Å². The zero-order chi connectivity index (χ0) is 15.6. The van der Waals surface area contributed by atoms with Gasteiger partial charge in [-0.15, -0.1) is 0 Å². The number of amides is 1. The fraction of sp³-hybridized carbons (Fsp3) is 0.267. The Morgan fingerprint density at radius 1 is 1.29 bits per heavy atom. The van der Waals surface area contributed by atoms with Crippen LogP contribution in [0.2, 0.25) is 0 Å². The molecule has 0 aliphatic carbocycles. The molecule has 0 saturated heterocycles. The van der Waals surface area contributed by atoms with E-state index in [2.05, 4.69) is 15.3 Å². The van der Waals surface area contributed by atoms with E-state index in [0.29, 0.717) is 11.3 Å². The second-order valence-electron chi connectivity index (χ2n) is 4.89. The van der Waals surface area contributed by atoms with Crippen LogP contribution in [0.1, 0.15) is 40.3 Å². The zero-order valence-corrected chi connectivity index (χ0v) is 12.1. The lowest BCUT2D eigenvalue weighted by Gasteiger charge is -2.18. The van der Waals surface area contributed by atoms with E-state index in [1.165, 1.54) is 0 Å². The Labute approximate surface area is 122 Å². The van der Waals surface area contributed by atoms with Gasteiger partial charge >= 0.3 is 0 Å². The summed E-state index contributed by atoms with van der Waals surface area (Å²) in [4.78, 5) is 19.7. The maximum absolute atomic E-state index is 13.9. The van der Waals surface area contributed by atoms with Crippen LogP contribution < -0.4 is 11.1 Å². The summed E-state index contributed by atoms with van der Waals surface area (Å²) in [5.41, 5.74) is 7.84. The lowest BCUT2D eigenvalue weighted by atomic mass is 10.1. The summed E-state index contributed by atoms with van der Waals surface area (Å²) in [7, 11) is 0. The Bertz CT molecular complexity index is 687. The third kappa shape index (κ3) is 3.16. The summed E-state index contributed by atoms with van der Waals surface area (Å²) in [5, 5.41) is 3.15. The van der Waals surface area contributed by atoms with Gasteiger partial charge < -0.3 is 11.1 Å². The van der Waals surface area contributed by atoms with Crippen molar-refractivity contribution in [1.29, 1.82) is 0 Å². The quantitative estimate of drug-likeness (QED) is 0.905. The van der Waals surface area contributed by atoms with Crippen molar-refractivity contribution < 1.29 is 9.18 Å². The van der Waals surface area contributed by atoms with Gasteiger partial charge in [-0.25, -0.2) is 4.39 Å². The molecule has 0 radical (unpaired) electrons. The minimum Gasteiger partial charge on any atom is -0.377 e. The molecule has 110 valence electrons. The molecule has 3 N–H and O–H groups in total. The molecule has 6 heteroatoms. The molecule has 1 amide bonds. The Hall–Kier alpha value is -2.50. The van der Waals surface area contributed by atoms with Crippen molar-refractivity contribution in [2.75, 3.05) is 5.32 Å². The van der Waals surface area contributed by atoms with Crippen LogP contribution in [-0.2, 0) is 0 Å². The highest BCUT2D eigenvalue weighted by Gasteiger charge is 2.15. The van der Waals surface area contributed by atoms with Gasteiger partial charge in [0.15, 0.2) is 0 Å². The fourth-order valence-corrected chi connectivity index (χ4v) is 2.12. The van der Waals surface area contributed by atoms with Crippen LogP contribution in [0.3, 0.4) is 0 Å². The lowest BCUT2D eigenvalue weighted by Crippen LogP contribution is -2.15. The number of hydrogen-bond donors (Lipinski definition) is 2. The molecule has 1 heterocycles. The van der Waals surface area contributed by atoms with Gasteiger partial charge in [-0.05, 0) is 32.9 Å². The van der Waals surface area contributed by atoms with E-state index in [9.17, 15) is 9.18 Å². The van der Waals surface area contributed by atoms with Gasteiger partial charge in [-0.3, -0.25) is 14.8 Å². The first kappa shape index (κ1) is 14.9. The number of nitrogens with one attached hydrogen (secondary N) is 1. The number of rotatable bonds is 4. The van der Waals surface area contributed by atoms with Gasteiger partial charge in [-0.2, -0.15) is 0 Å². The van der Waals surface area contributed by atoms with E-state index in [4.69, 9.17) is 5.73 Å². The molecule has 1 atom stereocenters. The molecule has 2 rings (SSSR count). The third-order valence-corrected chi connectivity index (χ3v) is 3.33. The molecule has 0 saturated carbocycles. The molecule has 0 fully saturated rings. The average Bonchev–Trinajstić information content (AvgIpc) is 2.43. The number of benzene rings is 1. The normalized spacial score (nSPS) is 12.0. The van der Waals surface area contributed by atoms with Crippen LogP contribution in [0, 0.1) is 19.7 Å². The molecular weight excluding hydrogens is 271 g/mol. The van der Waals surface area contributed by atoms with E-state index >= 15 is 0 Å². The SMILES string of the molecule is Cc1nccnc1C(C)Nc1cc(C(N)=O)cc(F)c1C. The maximum Gasteiger partial charge on any atom is 0.248 e. The molecule has 1 aromatic carbocycles. The number of primary amides is 1. The van der Waals surface area contributed by atoms with Crippen molar-refractivity contribution in [2.24, 2.45) is 5.73 Å². The minimum absolute atomic E-state index is 0.128. The van der Waals surface area contributed by atoms with Crippen LogP contribution in [0.15, 0.2) is 24.5 Å². The van der Waals surface area contributed by atoms with Crippen molar-refractivity contribution >= 4 is 11.6 Å². The molecule has 5 nitrogen and oxygen atoms in total. The predicted molar refractivity (Wildman–Crippen MR) is 78.5 cm³/mol. The van der Waals surface area contributed by atoms with Crippen LogP contribution in [-0.4, -0.2) is 15.9 Å². The molecule has 0 bridgehead atoms. The minimum atomic E-state index is -0.666. The third-order valence-electron chi connectivity index (χ3n) is 3.33.